The first-order chi connectivity index (χ1) is 9.56. The number of hydrogen-bond donors (Lipinski definition) is 1. The quantitative estimate of drug-likeness (QED) is 0.872. The molecule has 0 unspecified atom stereocenters. The van der Waals surface area contributed by atoms with Crippen LogP contribution in [-0.4, -0.2) is 21.2 Å². The second-order valence-electron chi connectivity index (χ2n) is 4.79. The molecule has 0 atom stereocenters. The number of carbonyl (C=O) groups is 1. The molecule has 2 aromatic rings. The van der Waals surface area contributed by atoms with Crippen molar-refractivity contribution in [2.75, 3.05) is 0 Å². The van der Waals surface area contributed by atoms with Crippen molar-refractivity contribution in [3.05, 3.63) is 41.5 Å². The first-order valence-electron chi connectivity index (χ1n) is 6.33. The highest BCUT2D eigenvalue weighted by atomic mass is 16.5. The van der Waals surface area contributed by atoms with Crippen molar-refractivity contribution >= 4 is 5.97 Å². The molecule has 0 aliphatic heterocycles. The van der Waals surface area contributed by atoms with Crippen LogP contribution in [0.2, 0.25) is 0 Å². The zero-order chi connectivity index (χ0) is 14.5. The van der Waals surface area contributed by atoms with Crippen LogP contribution in [0.25, 0.3) is 0 Å². The number of hydrogen-bond acceptors (Lipinski definition) is 5. The Hall–Kier alpha value is -2.37. The van der Waals surface area contributed by atoms with Gasteiger partial charge in [0, 0.05) is 6.42 Å². The summed E-state index contributed by atoms with van der Waals surface area (Å²) >= 11 is 0. The maximum atomic E-state index is 11.0. The number of para-hydroxylation sites is 1. The first-order valence-corrected chi connectivity index (χ1v) is 6.33. The van der Waals surface area contributed by atoms with Crippen LogP contribution in [0, 0.1) is 5.92 Å². The predicted octanol–water partition coefficient (Wildman–Crippen LogP) is 2.55. The molecule has 0 spiro atoms. The van der Waals surface area contributed by atoms with E-state index < -0.39 is 5.97 Å². The zero-order valence-electron chi connectivity index (χ0n) is 11.4. The minimum absolute atomic E-state index is 0.0753. The maximum Gasteiger partial charge on any atom is 0.339 e. The van der Waals surface area contributed by atoms with Crippen molar-refractivity contribution in [2.45, 2.75) is 26.9 Å². The highest BCUT2D eigenvalue weighted by Crippen LogP contribution is 2.18. The third-order valence-corrected chi connectivity index (χ3v) is 2.57. The molecule has 0 radical (unpaired) electrons. The molecule has 0 aliphatic rings. The van der Waals surface area contributed by atoms with Crippen molar-refractivity contribution in [2.24, 2.45) is 5.92 Å². The van der Waals surface area contributed by atoms with E-state index in [0.29, 0.717) is 24.1 Å². The van der Waals surface area contributed by atoms with E-state index in [-0.39, 0.29) is 17.9 Å². The second-order valence-corrected chi connectivity index (χ2v) is 4.79. The fourth-order valence-electron chi connectivity index (χ4n) is 1.69. The Morgan fingerprint density at radius 3 is 2.85 bits per heavy atom. The van der Waals surface area contributed by atoms with Gasteiger partial charge in [0.05, 0.1) is 0 Å². The molecule has 6 nitrogen and oxygen atoms in total. The van der Waals surface area contributed by atoms with Crippen molar-refractivity contribution in [3.63, 3.8) is 0 Å². The van der Waals surface area contributed by atoms with Gasteiger partial charge in [-0.2, -0.15) is 4.98 Å². The predicted molar refractivity (Wildman–Crippen MR) is 70.6 cm³/mol. The van der Waals surface area contributed by atoms with Gasteiger partial charge in [-0.15, -0.1) is 0 Å². The zero-order valence-corrected chi connectivity index (χ0v) is 11.4. The monoisotopic (exact) mass is 276 g/mol. The largest absolute Gasteiger partial charge is 0.485 e. The minimum Gasteiger partial charge on any atom is -0.485 e. The van der Waals surface area contributed by atoms with Gasteiger partial charge in [-0.05, 0) is 18.1 Å². The summed E-state index contributed by atoms with van der Waals surface area (Å²) in [6, 6.07) is 6.43. The molecule has 0 saturated carbocycles. The fraction of sp³-hybridized carbons (Fsp3) is 0.357. The molecule has 0 amide bonds. The summed E-state index contributed by atoms with van der Waals surface area (Å²) in [5, 5.41) is 12.8. The minimum atomic E-state index is -1.03. The molecule has 106 valence electrons. The van der Waals surface area contributed by atoms with Crippen molar-refractivity contribution < 1.29 is 19.2 Å². The molecular weight excluding hydrogens is 260 g/mol. The molecule has 0 fully saturated rings. The molecule has 1 N–H and O–H groups in total. The van der Waals surface area contributed by atoms with Gasteiger partial charge in [0.2, 0.25) is 11.7 Å². The van der Waals surface area contributed by atoms with E-state index >= 15 is 0 Å². The lowest BCUT2D eigenvalue weighted by molar-refractivity contribution is 0.0691. The summed E-state index contributed by atoms with van der Waals surface area (Å²) < 4.78 is 10.5. The van der Waals surface area contributed by atoms with E-state index in [1.807, 2.05) is 0 Å². The van der Waals surface area contributed by atoms with Crippen LogP contribution in [0.3, 0.4) is 0 Å². The van der Waals surface area contributed by atoms with Crippen LogP contribution >= 0.6 is 0 Å². The van der Waals surface area contributed by atoms with Gasteiger partial charge in [-0.1, -0.05) is 31.1 Å². The van der Waals surface area contributed by atoms with Gasteiger partial charge in [0.1, 0.15) is 11.3 Å². The number of carboxylic acid groups (broad SMARTS) is 1. The molecule has 20 heavy (non-hydrogen) atoms. The highest BCUT2D eigenvalue weighted by molar-refractivity contribution is 5.90. The SMILES string of the molecule is CC(C)Cc1nc(COc2ccccc2C(=O)O)no1. The Morgan fingerprint density at radius 2 is 2.15 bits per heavy atom. The lowest BCUT2D eigenvalue weighted by atomic mass is 10.1. The average molecular weight is 276 g/mol. The summed E-state index contributed by atoms with van der Waals surface area (Å²) in [4.78, 5) is 15.2. The van der Waals surface area contributed by atoms with Crippen LogP contribution in [0.5, 0.6) is 5.75 Å². The molecule has 1 heterocycles. The lowest BCUT2D eigenvalue weighted by Crippen LogP contribution is -2.04. The first kappa shape index (κ1) is 14.0. The highest BCUT2D eigenvalue weighted by Gasteiger charge is 2.12. The van der Waals surface area contributed by atoms with E-state index in [1.54, 1.807) is 18.2 Å². The normalized spacial score (nSPS) is 10.8. The van der Waals surface area contributed by atoms with Gasteiger partial charge in [0.25, 0.3) is 0 Å². The molecule has 0 aliphatic carbocycles. The van der Waals surface area contributed by atoms with E-state index in [2.05, 4.69) is 24.0 Å². The summed E-state index contributed by atoms with van der Waals surface area (Å²) in [5.41, 5.74) is 0.110. The van der Waals surface area contributed by atoms with Gasteiger partial charge in [0.15, 0.2) is 6.61 Å². The summed E-state index contributed by atoms with van der Waals surface area (Å²) in [6.45, 7) is 4.19. The molecular formula is C14H16N2O4. The Balaban J connectivity index is 2.02. The van der Waals surface area contributed by atoms with Crippen molar-refractivity contribution in [1.82, 2.24) is 10.1 Å². The molecule has 1 aromatic carbocycles. The van der Waals surface area contributed by atoms with Crippen molar-refractivity contribution in [3.8, 4) is 5.75 Å². The average Bonchev–Trinajstić information content (AvgIpc) is 2.83. The van der Waals surface area contributed by atoms with Gasteiger partial charge in [-0.25, -0.2) is 4.79 Å². The number of aromatic nitrogens is 2. The number of aromatic carboxylic acids is 1. The lowest BCUT2D eigenvalue weighted by Gasteiger charge is -2.06. The number of nitrogens with zero attached hydrogens (tertiary/aromatic N) is 2. The van der Waals surface area contributed by atoms with Crippen LogP contribution in [0.1, 0.15) is 35.9 Å². The fourth-order valence-corrected chi connectivity index (χ4v) is 1.69. The summed E-state index contributed by atoms with van der Waals surface area (Å²) in [5.74, 6) is 0.646. The third kappa shape index (κ3) is 3.57. The smallest absolute Gasteiger partial charge is 0.339 e. The van der Waals surface area contributed by atoms with Gasteiger partial charge >= 0.3 is 5.97 Å². The van der Waals surface area contributed by atoms with Crippen LogP contribution < -0.4 is 4.74 Å². The summed E-state index contributed by atoms with van der Waals surface area (Å²) in [7, 11) is 0. The number of rotatable bonds is 6. The van der Waals surface area contributed by atoms with Crippen LogP contribution in [0.15, 0.2) is 28.8 Å². The molecule has 6 heteroatoms. The number of ether oxygens (including phenoxy) is 1. The Morgan fingerprint density at radius 1 is 1.40 bits per heavy atom. The van der Waals surface area contributed by atoms with Crippen molar-refractivity contribution in [1.29, 1.82) is 0 Å². The third-order valence-electron chi connectivity index (χ3n) is 2.57. The molecule has 2 rings (SSSR count). The second kappa shape index (κ2) is 6.18. The topological polar surface area (TPSA) is 85.5 Å². The maximum absolute atomic E-state index is 11.0. The Labute approximate surface area is 116 Å². The molecule has 0 saturated heterocycles. The molecule has 0 bridgehead atoms. The number of carboxylic acids is 1. The van der Waals surface area contributed by atoms with Crippen LogP contribution in [0.4, 0.5) is 0 Å². The summed E-state index contributed by atoms with van der Waals surface area (Å²) in [6.07, 6.45) is 0.707. The van der Waals surface area contributed by atoms with E-state index in [4.69, 9.17) is 14.4 Å². The Kier molecular flexibility index (Phi) is 4.34. The van der Waals surface area contributed by atoms with E-state index in [1.165, 1.54) is 6.07 Å². The van der Waals surface area contributed by atoms with Gasteiger partial charge < -0.3 is 14.4 Å². The van der Waals surface area contributed by atoms with Crippen LogP contribution in [-0.2, 0) is 13.0 Å². The van der Waals surface area contributed by atoms with Gasteiger partial charge in [-0.3, -0.25) is 0 Å². The van der Waals surface area contributed by atoms with E-state index in [0.717, 1.165) is 0 Å². The Bertz CT molecular complexity index is 592. The van der Waals surface area contributed by atoms with E-state index in [9.17, 15) is 4.79 Å². The standard InChI is InChI=1S/C14H16N2O4/c1-9(2)7-13-15-12(16-20-13)8-19-11-6-4-3-5-10(11)14(17)18/h3-6,9H,7-8H2,1-2H3,(H,17,18). The molecule has 1 aromatic heterocycles. The number of benzene rings is 1.